The van der Waals surface area contributed by atoms with Crippen molar-refractivity contribution in [1.82, 2.24) is 5.32 Å². The number of benzene rings is 2. The summed E-state index contributed by atoms with van der Waals surface area (Å²) in [6.45, 7) is -0.872. The summed E-state index contributed by atoms with van der Waals surface area (Å²) in [6.07, 6.45) is -4.89. The second-order valence-electron chi connectivity index (χ2n) is 5.97. The first kappa shape index (κ1) is 22.5. The van der Waals surface area contributed by atoms with Gasteiger partial charge in [0.25, 0.3) is 11.6 Å². The van der Waals surface area contributed by atoms with Crippen LogP contribution in [0.4, 0.5) is 18.9 Å². The van der Waals surface area contributed by atoms with Gasteiger partial charge in [-0.2, -0.15) is 13.2 Å². The number of nitro groups is 1. The largest absolute Gasteiger partial charge is 0.457 e. The van der Waals surface area contributed by atoms with E-state index in [1.165, 1.54) is 18.2 Å². The number of alkyl halides is 3. The first-order valence-electron chi connectivity index (χ1n) is 8.46. The van der Waals surface area contributed by atoms with Gasteiger partial charge in [-0.25, -0.2) is 0 Å². The molecule has 1 N–H and O–H groups in total. The van der Waals surface area contributed by atoms with E-state index in [9.17, 15) is 37.7 Å². The average Bonchev–Trinajstić information content (AvgIpc) is 2.71. The number of nitrogens with zero attached hydrogens (tertiary/aromatic N) is 1. The van der Waals surface area contributed by atoms with Gasteiger partial charge < -0.3 is 10.1 Å². The fraction of sp³-hybridized carbons (Fsp3) is 0.211. The van der Waals surface area contributed by atoms with Gasteiger partial charge in [0.15, 0.2) is 12.4 Å². The number of non-ortho nitro benzene ring substituents is 1. The van der Waals surface area contributed by atoms with Gasteiger partial charge in [-0.3, -0.25) is 24.5 Å². The minimum atomic E-state index is -4.60. The molecule has 0 radical (unpaired) electrons. The first-order valence-corrected chi connectivity index (χ1v) is 8.46. The number of esters is 1. The fourth-order valence-corrected chi connectivity index (χ4v) is 2.29. The Bertz CT molecular complexity index is 957. The quantitative estimate of drug-likeness (QED) is 0.301. The maximum Gasteiger partial charge on any atom is 0.416 e. The Morgan fingerprint density at radius 1 is 1.03 bits per heavy atom. The summed E-state index contributed by atoms with van der Waals surface area (Å²) < 4.78 is 42.7. The first-order chi connectivity index (χ1) is 14.1. The number of hydrogen-bond acceptors (Lipinski definition) is 6. The minimum Gasteiger partial charge on any atom is -0.457 e. The molecule has 0 unspecified atom stereocenters. The zero-order valence-electron chi connectivity index (χ0n) is 15.3. The minimum absolute atomic E-state index is 0.133. The van der Waals surface area contributed by atoms with Crippen molar-refractivity contribution in [2.45, 2.75) is 12.6 Å². The summed E-state index contributed by atoms with van der Waals surface area (Å²) >= 11 is 0. The number of Topliss-reactive ketones (excluding diaryl/α,β-unsaturated/α-hetero) is 1. The van der Waals surface area contributed by atoms with E-state index in [0.29, 0.717) is 6.07 Å². The van der Waals surface area contributed by atoms with Crippen molar-refractivity contribution in [3.8, 4) is 0 Å². The predicted molar refractivity (Wildman–Crippen MR) is 96.8 cm³/mol. The third-order valence-corrected chi connectivity index (χ3v) is 3.83. The highest BCUT2D eigenvalue weighted by atomic mass is 19.4. The van der Waals surface area contributed by atoms with Gasteiger partial charge in [-0.15, -0.1) is 0 Å². The monoisotopic (exact) mass is 424 g/mol. The molecule has 0 aromatic heterocycles. The Morgan fingerprint density at radius 3 is 2.30 bits per heavy atom. The van der Waals surface area contributed by atoms with Crippen LogP contribution in [0.1, 0.15) is 32.7 Å². The van der Waals surface area contributed by atoms with Crippen molar-refractivity contribution < 1.29 is 37.2 Å². The van der Waals surface area contributed by atoms with Crippen molar-refractivity contribution >= 4 is 23.3 Å². The van der Waals surface area contributed by atoms with E-state index in [1.807, 2.05) is 0 Å². The standard InChI is InChI=1S/C19H15F3N2O6/c20-19(21,22)14-3-1-2-13(10-14)16(25)11-30-17(26)8-9-23-18(27)12-4-6-15(7-5-12)24(28)29/h1-7,10H,8-9,11H2,(H,23,27). The number of hydrogen-bond donors (Lipinski definition) is 1. The molecule has 0 heterocycles. The molecular weight excluding hydrogens is 409 g/mol. The maximum atomic E-state index is 12.7. The van der Waals surface area contributed by atoms with E-state index in [4.69, 9.17) is 4.74 Å². The number of carbonyl (C=O) groups is 3. The van der Waals surface area contributed by atoms with Crippen molar-refractivity contribution in [3.63, 3.8) is 0 Å². The van der Waals surface area contributed by atoms with Gasteiger partial charge >= 0.3 is 12.1 Å². The number of carbonyl (C=O) groups excluding carboxylic acids is 3. The summed E-state index contributed by atoms with van der Waals surface area (Å²) in [5.74, 6) is -2.21. The predicted octanol–water partition coefficient (Wildman–Crippen LogP) is 3.16. The number of nitro benzene ring substituents is 1. The number of rotatable bonds is 8. The molecule has 0 atom stereocenters. The Balaban J connectivity index is 1.77. The van der Waals surface area contributed by atoms with E-state index in [1.54, 1.807) is 0 Å². The molecule has 158 valence electrons. The fourth-order valence-electron chi connectivity index (χ4n) is 2.29. The van der Waals surface area contributed by atoms with Crippen LogP contribution in [0.5, 0.6) is 0 Å². The number of ketones is 1. The molecule has 0 spiro atoms. The molecule has 30 heavy (non-hydrogen) atoms. The van der Waals surface area contributed by atoms with Crippen molar-refractivity contribution in [2.24, 2.45) is 0 Å². The highest BCUT2D eigenvalue weighted by molar-refractivity contribution is 5.98. The van der Waals surface area contributed by atoms with Gasteiger partial charge in [0.1, 0.15) is 0 Å². The molecular formula is C19H15F3N2O6. The summed E-state index contributed by atoms with van der Waals surface area (Å²) in [5.41, 5.74) is -1.27. The Hall–Kier alpha value is -3.76. The second kappa shape index (κ2) is 9.63. The summed E-state index contributed by atoms with van der Waals surface area (Å²) in [5, 5.41) is 13.0. The van der Waals surface area contributed by atoms with Crippen LogP contribution >= 0.6 is 0 Å². The van der Waals surface area contributed by atoms with Gasteiger partial charge in [0, 0.05) is 29.8 Å². The normalized spacial score (nSPS) is 10.9. The van der Waals surface area contributed by atoms with Crippen molar-refractivity contribution in [1.29, 1.82) is 0 Å². The molecule has 0 fully saturated rings. The molecule has 0 saturated carbocycles. The highest BCUT2D eigenvalue weighted by Crippen LogP contribution is 2.29. The van der Waals surface area contributed by atoms with Crippen molar-refractivity contribution in [3.05, 3.63) is 75.3 Å². The number of halogens is 3. The van der Waals surface area contributed by atoms with E-state index < -0.39 is 40.9 Å². The summed E-state index contributed by atoms with van der Waals surface area (Å²) in [4.78, 5) is 45.4. The summed E-state index contributed by atoms with van der Waals surface area (Å²) in [7, 11) is 0. The van der Waals surface area contributed by atoms with E-state index in [-0.39, 0.29) is 29.8 Å². The zero-order valence-corrected chi connectivity index (χ0v) is 15.3. The molecule has 2 aromatic rings. The average molecular weight is 424 g/mol. The lowest BCUT2D eigenvalue weighted by molar-refractivity contribution is -0.384. The Labute approximate surface area is 167 Å². The SMILES string of the molecule is O=C(CCNC(=O)c1ccc([N+](=O)[O-])cc1)OCC(=O)c1cccc(C(F)(F)F)c1. The molecule has 0 bridgehead atoms. The number of ether oxygens (including phenoxy) is 1. The molecule has 0 aliphatic heterocycles. The number of nitrogens with one attached hydrogen (secondary N) is 1. The lowest BCUT2D eigenvalue weighted by Gasteiger charge is -2.09. The van der Waals surface area contributed by atoms with Gasteiger partial charge in [-0.05, 0) is 24.3 Å². The highest BCUT2D eigenvalue weighted by Gasteiger charge is 2.30. The molecule has 1 amide bonds. The zero-order chi connectivity index (χ0) is 22.3. The van der Waals surface area contributed by atoms with Crippen LogP contribution in [0, 0.1) is 10.1 Å². The smallest absolute Gasteiger partial charge is 0.416 e. The van der Waals surface area contributed by atoms with Crippen LogP contribution in [-0.2, 0) is 15.7 Å². The molecule has 0 aliphatic carbocycles. The molecule has 0 aliphatic rings. The Kier molecular flexibility index (Phi) is 7.23. The molecule has 8 nitrogen and oxygen atoms in total. The third kappa shape index (κ3) is 6.40. The number of amides is 1. The third-order valence-electron chi connectivity index (χ3n) is 3.83. The lowest BCUT2D eigenvalue weighted by Crippen LogP contribution is -2.27. The molecule has 0 saturated heterocycles. The van der Waals surface area contributed by atoms with E-state index in [0.717, 1.165) is 24.3 Å². The van der Waals surface area contributed by atoms with Crippen LogP contribution in [-0.4, -0.2) is 35.7 Å². The molecule has 2 rings (SSSR count). The van der Waals surface area contributed by atoms with Crippen LogP contribution in [0.25, 0.3) is 0 Å². The van der Waals surface area contributed by atoms with Gasteiger partial charge in [0.2, 0.25) is 0 Å². The van der Waals surface area contributed by atoms with Crippen LogP contribution in [0.2, 0.25) is 0 Å². The molecule has 11 heteroatoms. The van der Waals surface area contributed by atoms with E-state index in [2.05, 4.69) is 5.32 Å². The maximum absolute atomic E-state index is 12.7. The van der Waals surface area contributed by atoms with Gasteiger partial charge in [0.05, 0.1) is 16.9 Å². The Morgan fingerprint density at radius 2 is 1.70 bits per heavy atom. The van der Waals surface area contributed by atoms with Crippen LogP contribution < -0.4 is 5.32 Å². The molecule has 2 aromatic carbocycles. The summed E-state index contributed by atoms with van der Waals surface area (Å²) in [6, 6.07) is 8.54. The van der Waals surface area contributed by atoms with Gasteiger partial charge in [-0.1, -0.05) is 12.1 Å². The van der Waals surface area contributed by atoms with Crippen LogP contribution in [0.15, 0.2) is 48.5 Å². The van der Waals surface area contributed by atoms with Crippen molar-refractivity contribution in [2.75, 3.05) is 13.2 Å². The van der Waals surface area contributed by atoms with Crippen LogP contribution in [0.3, 0.4) is 0 Å². The van der Waals surface area contributed by atoms with E-state index >= 15 is 0 Å². The topological polar surface area (TPSA) is 116 Å². The second-order valence-corrected chi connectivity index (χ2v) is 5.97. The lowest BCUT2D eigenvalue weighted by atomic mass is 10.1.